The first kappa shape index (κ1) is 34.2. The van der Waals surface area contributed by atoms with E-state index in [0.717, 1.165) is 29.1 Å². The second-order valence-electron chi connectivity index (χ2n) is 8.65. The molecule has 0 aliphatic carbocycles. The first-order valence-electron chi connectivity index (χ1n) is 12.9. The third-order valence-electron chi connectivity index (χ3n) is 5.24. The van der Waals surface area contributed by atoms with Crippen LogP contribution in [0.4, 0.5) is 9.59 Å². The number of ether oxygens (including phenoxy) is 4. The van der Waals surface area contributed by atoms with Gasteiger partial charge >= 0.3 is 24.0 Å². The van der Waals surface area contributed by atoms with Gasteiger partial charge in [0.15, 0.2) is 0 Å². The van der Waals surface area contributed by atoms with Gasteiger partial charge in [0.1, 0.15) is 13.0 Å². The average molecular weight is 571 g/mol. The van der Waals surface area contributed by atoms with Gasteiger partial charge in [0.25, 0.3) is 0 Å². The zero-order valence-electron chi connectivity index (χ0n) is 23.0. The van der Waals surface area contributed by atoms with E-state index in [9.17, 15) is 33.6 Å². The van der Waals surface area contributed by atoms with Crippen LogP contribution in [0.25, 0.3) is 0 Å². The lowest BCUT2D eigenvalue weighted by Crippen LogP contribution is -2.52. The summed E-state index contributed by atoms with van der Waals surface area (Å²) in [7, 11) is 0. The molecule has 224 valence electrons. The van der Waals surface area contributed by atoms with Crippen molar-refractivity contribution >= 4 is 41.7 Å². The van der Waals surface area contributed by atoms with Crippen molar-refractivity contribution in [1.29, 1.82) is 0 Å². The molecule has 2 aliphatic heterocycles. The number of unbranched alkanes of at least 4 members (excludes halogenated alkanes) is 3. The van der Waals surface area contributed by atoms with E-state index in [1.807, 2.05) is 0 Å². The number of hydrogen-bond acceptors (Lipinski definition) is 11. The van der Waals surface area contributed by atoms with Crippen LogP contribution < -0.4 is 10.6 Å². The summed E-state index contributed by atoms with van der Waals surface area (Å²) < 4.78 is 19.9. The van der Waals surface area contributed by atoms with Crippen LogP contribution >= 0.6 is 0 Å². The molecule has 0 spiro atoms. The van der Waals surface area contributed by atoms with Crippen molar-refractivity contribution in [3.63, 3.8) is 0 Å². The summed E-state index contributed by atoms with van der Waals surface area (Å²) in [6, 6.07) is -1.11. The summed E-state index contributed by atoms with van der Waals surface area (Å²) in [6.07, 6.45) is 2.97. The van der Waals surface area contributed by atoms with Crippen molar-refractivity contribution in [2.75, 3.05) is 52.7 Å². The molecule has 2 rings (SSSR count). The van der Waals surface area contributed by atoms with Crippen molar-refractivity contribution in [3.05, 3.63) is 12.3 Å². The Labute approximate surface area is 232 Å². The van der Waals surface area contributed by atoms with Gasteiger partial charge in [0.05, 0.1) is 46.0 Å². The molecule has 0 aromatic heterocycles. The van der Waals surface area contributed by atoms with Crippen molar-refractivity contribution in [3.8, 4) is 0 Å². The van der Waals surface area contributed by atoms with Gasteiger partial charge in [-0.2, -0.15) is 0 Å². The lowest BCUT2D eigenvalue weighted by atomic mass is 10.2. The van der Waals surface area contributed by atoms with Crippen LogP contribution in [0.2, 0.25) is 0 Å². The van der Waals surface area contributed by atoms with Crippen LogP contribution in [0.5, 0.6) is 0 Å². The molecule has 0 radical (unpaired) electrons. The summed E-state index contributed by atoms with van der Waals surface area (Å²) in [5.74, 6) is -1.92. The van der Waals surface area contributed by atoms with Crippen molar-refractivity contribution in [2.45, 2.75) is 52.4 Å². The lowest BCUT2D eigenvalue weighted by Gasteiger charge is -2.26. The average Bonchev–Trinajstić information content (AvgIpc) is 2.85. The van der Waals surface area contributed by atoms with Crippen LogP contribution in [0, 0.1) is 0 Å². The number of carbonyl (C=O) groups is 7. The number of esters is 2. The zero-order chi connectivity index (χ0) is 29.9. The third kappa shape index (κ3) is 14.9. The van der Waals surface area contributed by atoms with Gasteiger partial charge in [0.2, 0.25) is 17.7 Å². The fourth-order valence-corrected chi connectivity index (χ4v) is 3.35. The monoisotopic (exact) mass is 570 g/mol. The molecule has 0 bridgehead atoms. The Morgan fingerprint density at radius 2 is 1.20 bits per heavy atom. The summed E-state index contributed by atoms with van der Waals surface area (Å²) in [6.45, 7) is 8.56. The summed E-state index contributed by atoms with van der Waals surface area (Å²) >= 11 is 0. The molecule has 2 saturated heterocycles. The van der Waals surface area contributed by atoms with E-state index in [2.05, 4.69) is 21.9 Å². The van der Waals surface area contributed by atoms with Crippen molar-refractivity contribution in [1.82, 2.24) is 20.4 Å². The predicted molar refractivity (Wildman–Crippen MR) is 137 cm³/mol. The standard InChI is InChI=1S/C13H20N2O6.C12H18N2O5/c1-10-9-12(17)15(13(18)14-10)3-4-19-5-6-20-7-8-21-11(2)16;1-9(15)19-7-5-3-2-4-6-14-11(17)8-10(16)13-12(14)18/h1,3-9H2,2H3,(H,14,18);2-8H2,1H3,(H,13,16,18). The molecule has 0 unspecified atom stereocenters. The van der Waals surface area contributed by atoms with Crippen LogP contribution in [0.15, 0.2) is 12.3 Å². The highest BCUT2D eigenvalue weighted by Crippen LogP contribution is 2.09. The highest BCUT2D eigenvalue weighted by molar-refractivity contribution is 6.14. The van der Waals surface area contributed by atoms with Crippen molar-refractivity contribution < 1.29 is 52.5 Å². The van der Waals surface area contributed by atoms with E-state index in [1.165, 1.54) is 13.8 Å². The molecule has 2 fully saturated rings. The molecule has 40 heavy (non-hydrogen) atoms. The predicted octanol–water partition coefficient (Wildman–Crippen LogP) is 0.617. The highest BCUT2D eigenvalue weighted by Gasteiger charge is 2.30. The molecule has 2 heterocycles. The summed E-state index contributed by atoms with van der Waals surface area (Å²) in [5.41, 5.74) is 0.406. The van der Waals surface area contributed by atoms with Gasteiger partial charge in [-0.15, -0.1) is 0 Å². The minimum atomic E-state index is -0.638. The number of amides is 7. The third-order valence-corrected chi connectivity index (χ3v) is 5.24. The Morgan fingerprint density at radius 1 is 0.675 bits per heavy atom. The summed E-state index contributed by atoms with van der Waals surface area (Å²) in [5, 5.41) is 4.60. The van der Waals surface area contributed by atoms with E-state index in [-0.39, 0.29) is 50.4 Å². The van der Waals surface area contributed by atoms with E-state index in [4.69, 9.17) is 14.2 Å². The van der Waals surface area contributed by atoms with Gasteiger partial charge in [-0.3, -0.25) is 39.1 Å². The van der Waals surface area contributed by atoms with Gasteiger partial charge in [0, 0.05) is 26.1 Å². The maximum atomic E-state index is 11.6. The molecular weight excluding hydrogens is 532 g/mol. The van der Waals surface area contributed by atoms with Gasteiger partial charge in [-0.25, -0.2) is 9.59 Å². The molecule has 0 aromatic carbocycles. The van der Waals surface area contributed by atoms with Gasteiger partial charge in [-0.1, -0.05) is 13.0 Å². The fourth-order valence-electron chi connectivity index (χ4n) is 3.35. The molecule has 7 amide bonds. The minimum absolute atomic E-state index is 0.116. The molecule has 15 heteroatoms. The molecule has 0 atom stereocenters. The number of carbonyl (C=O) groups excluding carboxylic acids is 7. The second kappa shape index (κ2) is 19.2. The second-order valence-corrected chi connectivity index (χ2v) is 8.65. The van der Waals surface area contributed by atoms with E-state index in [0.29, 0.717) is 45.1 Å². The number of barbiturate groups is 1. The van der Waals surface area contributed by atoms with Crippen molar-refractivity contribution in [2.24, 2.45) is 0 Å². The number of nitrogens with zero attached hydrogens (tertiary/aromatic N) is 2. The molecule has 2 aliphatic rings. The van der Waals surface area contributed by atoms with Gasteiger partial charge in [-0.05, 0) is 19.3 Å². The molecule has 15 nitrogen and oxygen atoms in total. The SMILES string of the molecule is C=C1CC(=O)N(CCOCCOCCOC(C)=O)C(=O)N1.CC(=O)OCCCCCCN1C(=O)CC(=O)NC1=O. The molecular formula is C25H38N4O11. The Hall–Kier alpha value is -3.85. The first-order valence-corrected chi connectivity index (χ1v) is 12.9. The van der Waals surface area contributed by atoms with E-state index >= 15 is 0 Å². The van der Waals surface area contributed by atoms with Crippen LogP contribution in [-0.2, 0) is 42.9 Å². The van der Waals surface area contributed by atoms with Gasteiger partial charge < -0.3 is 24.3 Å². The normalized spacial score (nSPS) is 15.2. The number of urea groups is 2. The largest absolute Gasteiger partial charge is 0.466 e. The Balaban J connectivity index is 0.000000402. The fraction of sp³-hybridized carbons (Fsp3) is 0.640. The van der Waals surface area contributed by atoms with Crippen LogP contribution in [0.1, 0.15) is 52.4 Å². The van der Waals surface area contributed by atoms with E-state index < -0.39 is 23.9 Å². The summed E-state index contributed by atoms with van der Waals surface area (Å²) in [4.78, 5) is 80.0. The quantitative estimate of drug-likeness (QED) is 0.150. The highest BCUT2D eigenvalue weighted by atomic mass is 16.6. The Bertz CT molecular complexity index is 898. The molecule has 2 N–H and O–H groups in total. The number of imide groups is 3. The number of nitrogens with one attached hydrogen (secondary N) is 2. The maximum absolute atomic E-state index is 11.6. The number of rotatable bonds is 16. The van der Waals surface area contributed by atoms with Crippen LogP contribution in [-0.4, -0.2) is 104 Å². The lowest BCUT2D eigenvalue weighted by molar-refractivity contribution is -0.143. The smallest absolute Gasteiger partial charge is 0.330 e. The zero-order valence-corrected chi connectivity index (χ0v) is 23.0. The Morgan fingerprint density at radius 3 is 1.82 bits per heavy atom. The maximum Gasteiger partial charge on any atom is 0.330 e. The molecule has 0 aromatic rings. The van der Waals surface area contributed by atoms with E-state index in [1.54, 1.807) is 0 Å². The minimum Gasteiger partial charge on any atom is -0.466 e. The number of hydrogen-bond donors (Lipinski definition) is 2. The van der Waals surface area contributed by atoms with Crippen LogP contribution in [0.3, 0.4) is 0 Å². The first-order chi connectivity index (χ1) is 19.0. The topological polar surface area (TPSA) is 187 Å². The Kier molecular flexibility index (Phi) is 16.4. The molecule has 0 saturated carbocycles.